The Bertz CT molecular complexity index is 594. The molecule has 1 saturated heterocycles. The zero-order valence-corrected chi connectivity index (χ0v) is 14.6. The molecule has 0 saturated carbocycles. The van der Waals surface area contributed by atoms with E-state index in [2.05, 4.69) is 39.5 Å². The summed E-state index contributed by atoms with van der Waals surface area (Å²) in [7, 11) is -1.45. The van der Waals surface area contributed by atoms with Gasteiger partial charge in [0.05, 0.1) is 9.92 Å². The fourth-order valence-electron chi connectivity index (χ4n) is 2.44. The van der Waals surface area contributed by atoms with Crippen LogP contribution in [0, 0.1) is 5.92 Å². The molecule has 1 heterocycles. The van der Waals surface area contributed by atoms with Crippen molar-refractivity contribution in [2.24, 2.45) is 5.92 Å². The molecule has 7 heteroatoms. The van der Waals surface area contributed by atoms with E-state index in [4.69, 9.17) is 11.6 Å². The summed E-state index contributed by atoms with van der Waals surface area (Å²) in [6, 6.07) is 4.61. The molecule has 112 valence electrons. The second-order valence-corrected chi connectivity index (χ2v) is 8.31. The number of benzene rings is 1. The van der Waals surface area contributed by atoms with E-state index < -0.39 is 10.0 Å². The topological polar surface area (TPSA) is 49.4 Å². The Hall–Kier alpha value is -0.140. The highest BCUT2D eigenvalue weighted by molar-refractivity contribution is 9.10. The first kappa shape index (κ1) is 16.2. The Morgan fingerprint density at radius 1 is 1.45 bits per heavy atom. The molecule has 1 N–H and O–H groups in total. The van der Waals surface area contributed by atoms with Gasteiger partial charge in [-0.05, 0) is 60.1 Å². The molecule has 1 aliphatic heterocycles. The Labute approximate surface area is 133 Å². The molecule has 0 amide bonds. The minimum absolute atomic E-state index is 0.0225. The average Bonchev–Trinajstić information content (AvgIpc) is 2.36. The SMILES string of the molecule is CC1CN(C)CCC1NS(=O)(=O)c1ccc(Cl)c(Br)c1. The van der Waals surface area contributed by atoms with Gasteiger partial charge in [-0.15, -0.1) is 0 Å². The van der Waals surface area contributed by atoms with Crippen molar-refractivity contribution in [3.63, 3.8) is 0 Å². The van der Waals surface area contributed by atoms with Crippen molar-refractivity contribution in [3.05, 3.63) is 27.7 Å². The lowest BCUT2D eigenvalue weighted by atomic mass is 9.95. The third-order valence-corrected chi connectivity index (χ3v) is 6.32. The highest BCUT2D eigenvalue weighted by Crippen LogP contribution is 2.26. The molecular weight excluding hydrogens is 364 g/mol. The number of piperidine rings is 1. The van der Waals surface area contributed by atoms with Crippen LogP contribution in [0.4, 0.5) is 0 Å². The van der Waals surface area contributed by atoms with Crippen molar-refractivity contribution in [1.29, 1.82) is 0 Å². The number of halogens is 2. The molecule has 0 radical (unpaired) electrons. The zero-order valence-electron chi connectivity index (χ0n) is 11.4. The van der Waals surface area contributed by atoms with Gasteiger partial charge in [0, 0.05) is 17.1 Å². The highest BCUT2D eigenvalue weighted by Gasteiger charge is 2.28. The van der Waals surface area contributed by atoms with Crippen molar-refractivity contribution < 1.29 is 8.42 Å². The van der Waals surface area contributed by atoms with Crippen molar-refractivity contribution in [2.45, 2.75) is 24.3 Å². The predicted octanol–water partition coefficient (Wildman–Crippen LogP) is 2.72. The molecule has 2 unspecified atom stereocenters. The van der Waals surface area contributed by atoms with Crippen LogP contribution in [0.15, 0.2) is 27.6 Å². The monoisotopic (exact) mass is 380 g/mol. The zero-order chi connectivity index (χ0) is 14.9. The van der Waals surface area contributed by atoms with Gasteiger partial charge in [-0.3, -0.25) is 0 Å². The van der Waals surface area contributed by atoms with Crippen molar-refractivity contribution in [2.75, 3.05) is 20.1 Å². The van der Waals surface area contributed by atoms with Gasteiger partial charge in [0.15, 0.2) is 0 Å². The summed E-state index contributed by atoms with van der Waals surface area (Å²) in [6.07, 6.45) is 0.825. The van der Waals surface area contributed by atoms with Gasteiger partial charge in [-0.25, -0.2) is 13.1 Å². The maximum absolute atomic E-state index is 12.4. The van der Waals surface area contributed by atoms with Gasteiger partial charge >= 0.3 is 0 Å². The summed E-state index contributed by atoms with van der Waals surface area (Å²) < 4.78 is 28.2. The number of likely N-dealkylation sites (tertiary alicyclic amines) is 1. The molecule has 0 spiro atoms. The average molecular weight is 382 g/mol. The van der Waals surface area contributed by atoms with Gasteiger partial charge in [0.25, 0.3) is 0 Å². The van der Waals surface area contributed by atoms with E-state index in [1.807, 2.05) is 0 Å². The molecule has 1 fully saturated rings. The summed E-state index contributed by atoms with van der Waals surface area (Å²) >= 11 is 9.15. The number of rotatable bonds is 3. The van der Waals surface area contributed by atoms with E-state index in [-0.39, 0.29) is 10.9 Å². The number of nitrogens with one attached hydrogen (secondary N) is 1. The first-order chi connectivity index (χ1) is 9.29. The fraction of sp³-hybridized carbons (Fsp3) is 0.538. The normalized spacial score (nSPS) is 24.8. The molecule has 1 aromatic carbocycles. The lowest BCUT2D eigenvalue weighted by Crippen LogP contribution is -2.48. The van der Waals surface area contributed by atoms with Crippen LogP contribution in [0.1, 0.15) is 13.3 Å². The molecule has 1 aliphatic rings. The number of hydrogen-bond acceptors (Lipinski definition) is 3. The highest BCUT2D eigenvalue weighted by atomic mass is 79.9. The smallest absolute Gasteiger partial charge is 0.240 e. The van der Waals surface area contributed by atoms with Gasteiger partial charge in [0.1, 0.15) is 0 Å². The first-order valence-electron chi connectivity index (χ1n) is 6.45. The third-order valence-electron chi connectivity index (χ3n) is 3.62. The van der Waals surface area contributed by atoms with Crippen LogP contribution in [-0.4, -0.2) is 39.5 Å². The molecule has 4 nitrogen and oxygen atoms in total. The maximum atomic E-state index is 12.4. The molecular formula is C13H18BrClN2O2S. The fourth-order valence-corrected chi connectivity index (χ4v) is 4.49. The van der Waals surface area contributed by atoms with Crippen LogP contribution in [0.5, 0.6) is 0 Å². The lowest BCUT2D eigenvalue weighted by molar-refractivity contribution is 0.188. The van der Waals surface area contributed by atoms with E-state index in [0.29, 0.717) is 15.4 Å². The quantitative estimate of drug-likeness (QED) is 0.876. The number of nitrogens with zero attached hydrogens (tertiary/aromatic N) is 1. The van der Waals surface area contributed by atoms with Crippen LogP contribution in [0.2, 0.25) is 5.02 Å². The molecule has 2 rings (SSSR count). The van der Waals surface area contributed by atoms with Crippen LogP contribution in [-0.2, 0) is 10.0 Å². The maximum Gasteiger partial charge on any atom is 0.240 e. The van der Waals surface area contributed by atoms with E-state index in [1.54, 1.807) is 6.07 Å². The number of hydrogen-bond donors (Lipinski definition) is 1. The molecule has 0 aliphatic carbocycles. The van der Waals surface area contributed by atoms with Crippen molar-refractivity contribution in [1.82, 2.24) is 9.62 Å². The van der Waals surface area contributed by atoms with Crippen LogP contribution in [0.3, 0.4) is 0 Å². The second-order valence-electron chi connectivity index (χ2n) is 5.33. The molecule has 0 aromatic heterocycles. The van der Waals surface area contributed by atoms with Gasteiger partial charge in [-0.1, -0.05) is 18.5 Å². The van der Waals surface area contributed by atoms with Gasteiger partial charge in [-0.2, -0.15) is 0 Å². The molecule has 0 bridgehead atoms. The molecule has 1 aromatic rings. The lowest BCUT2D eigenvalue weighted by Gasteiger charge is -2.34. The Kier molecular flexibility index (Phi) is 5.13. The first-order valence-corrected chi connectivity index (χ1v) is 9.11. The van der Waals surface area contributed by atoms with Crippen LogP contribution in [0.25, 0.3) is 0 Å². The van der Waals surface area contributed by atoms with Crippen molar-refractivity contribution >= 4 is 37.6 Å². The van der Waals surface area contributed by atoms with E-state index in [0.717, 1.165) is 19.5 Å². The summed E-state index contributed by atoms with van der Waals surface area (Å²) in [4.78, 5) is 2.45. The largest absolute Gasteiger partial charge is 0.306 e. The Balaban J connectivity index is 2.16. The Morgan fingerprint density at radius 3 is 2.75 bits per heavy atom. The Morgan fingerprint density at radius 2 is 2.15 bits per heavy atom. The van der Waals surface area contributed by atoms with E-state index in [1.165, 1.54) is 12.1 Å². The standard InChI is InChI=1S/C13H18BrClN2O2S/c1-9-8-17(2)6-5-13(9)16-20(18,19)10-3-4-12(15)11(14)7-10/h3-4,7,9,13,16H,5-6,8H2,1-2H3. The summed E-state index contributed by atoms with van der Waals surface area (Å²) in [5.74, 6) is 0.291. The summed E-state index contributed by atoms with van der Waals surface area (Å²) in [5.41, 5.74) is 0. The third kappa shape index (κ3) is 3.74. The van der Waals surface area contributed by atoms with E-state index >= 15 is 0 Å². The van der Waals surface area contributed by atoms with Crippen LogP contribution < -0.4 is 4.72 Å². The summed E-state index contributed by atoms with van der Waals surface area (Å²) in [6.45, 7) is 3.87. The second kappa shape index (κ2) is 6.32. The van der Waals surface area contributed by atoms with Crippen molar-refractivity contribution in [3.8, 4) is 0 Å². The molecule has 2 atom stereocenters. The van der Waals surface area contributed by atoms with Crippen LogP contribution >= 0.6 is 27.5 Å². The summed E-state index contributed by atoms with van der Waals surface area (Å²) in [5, 5.41) is 0.497. The van der Waals surface area contributed by atoms with E-state index in [9.17, 15) is 8.42 Å². The number of sulfonamides is 1. The molecule has 20 heavy (non-hydrogen) atoms. The van der Waals surface area contributed by atoms with Gasteiger partial charge in [0.2, 0.25) is 10.0 Å². The predicted molar refractivity (Wildman–Crippen MR) is 84.5 cm³/mol. The minimum atomic E-state index is -3.51. The van der Waals surface area contributed by atoms with Gasteiger partial charge < -0.3 is 4.90 Å². The minimum Gasteiger partial charge on any atom is -0.306 e.